The van der Waals surface area contributed by atoms with Gasteiger partial charge in [-0.05, 0) is 30.7 Å². The maximum atomic E-state index is 14.0. The van der Waals surface area contributed by atoms with E-state index in [1.54, 1.807) is 30.0 Å². The zero-order valence-electron chi connectivity index (χ0n) is 17.0. The van der Waals surface area contributed by atoms with Gasteiger partial charge in [-0.3, -0.25) is 9.36 Å². The number of hydrogen-bond donors (Lipinski definition) is 1. The van der Waals surface area contributed by atoms with Crippen LogP contribution < -0.4 is 11.3 Å². The largest absolute Gasteiger partial charge is 0.382 e. The van der Waals surface area contributed by atoms with Crippen molar-refractivity contribution in [2.24, 2.45) is 0 Å². The van der Waals surface area contributed by atoms with Crippen molar-refractivity contribution in [3.05, 3.63) is 82.4 Å². The second kappa shape index (κ2) is 7.49. The first kappa shape index (κ1) is 19.7. The predicted molar refractivity (Wildman–Crippen MR) is 115 cm³/mol. The molecule has 0 saturated heterocycles. The molecule has 0 fully saturated rings. The first-order valence-electron chi connectivity index (χ1n) is 9.81. The lowest BCUT2D eigenvalue weighted by molar-refractivity contribution is 0.579. The Balaban J connectivity index is 1.67. The SMILES string of the molecule is Cc1cccc2nc(CCn3cnc4c(N)ncnc43)n(-c3cc(F)cc(F)c3)c(=O)c12. The van der Waals surface area contributed by atoms with Crippen LogP contribution in [0.4, 0.5) is 14.6 Å². The van der Waals surface area contributed by atoms with Gasteiger partial charge in [-0.25, -0.2) is 28.7 Å². The quantitative estimate of drug-likeness (QED) is 0.467. The molecule has 0 aliphatic carbocycles. The maximum Gasteiger partial charge on any atom is 0.266 e. The average molecular weight is 433 g/mol. The molecule has 2 aromatic carbocycles. The molecule has 0 spiro atoms. The molecule has 5 rings (SSSR count). The number of benzene rings is 2. The highest BCUT2D eigenvalue weighted by Gasteiger charge is 2.17. The number of aromatic nitrogens is 6. The van der Waals surface area contributed by atoms with Gasteiger partial charge in [-0.1, -0.05) is 12.1 Å². The van der Waals surface area contributed by atoms with E-state index in [-0.39, 0.29) is 17.9 Å². The summed E-state index contributed by atoms with van der Waals surface area (Å²) in [5, 5.41) is 0.398. The van der Waals surface area contributed by atoms with Gasteiger partial charge in [0, 0.05) is 19.0 Å². The fraction of sp³-hybridized carbons (Fsp3) is 0.136. The van der Waals surface area contributed by atoms with E-state index in [2.05, 4.69) is 19.9 Å². The number of fused-ring (bicyclic) bond motifs is 2. The number of nitrogen functional groups attached to an aromatic ring is 1. The smallest absolute Gasteiger partial charge is 0.266 e. The van der Waals surface area contributed by atoms with Crippen molar-refractivity contribution in [3.63, 3.8) is 0 Å². The molecule has 3 heterocycles. The van der Waals surface area contributed by atoms with E-state index in [1.165, 1.54) is 10.9 Å². The minimum atomic E-state index is -0.782. The molecule has 0 aliphatic rings. The van der Waals surface area contributed by atoms with Gasteiger partial charge in [0.25, 0.3) is 5.56 Å². The molecule has 5 aromatic rings. The highest BCUT2D eigenvalue weighted by molar-refractivity contribution is 5.82. The standard InChI is InChI=1S/C22H17F2N7O/c1-12-3-2-4-16-18(12)22(32)31(15-8-13(23)7-14(24)9-15)17(29-16)5-6-30-11-28-19-20(25)26-10-27-21(19)30/h2-4,7-11H,5-6H2,1H3,(H2,25,26,27). The summed E-state index contributed by atoms with van der Waals surface area (Å²) in [5.74, 6) is -0.951. The molecule has 8 nitrogen and oxygen atoms in total. The van der Waals surface area contributed by atoms with Crippen LogP contribution in [0, 0.1) is 18.6 Å². The molecular formula is C22H17F2N7O. The Morgan fingerprint density at radius 2 is 1.84 bits per heavy atom. The van der Waals surface area contributed by atoms with Gasteiger partial charge in [0.2, 0.25) is 0 Å². The van der Waals surface area contributed by atoms with Gasteiger partial charge >= 0.3 is 0 Å². The van der Waals surface area contributed by atoms with Crippen LogP contribution in [-0.2, 0) is 13.0 Å². The normalized spacial score (nSPS) is 11.5. The summed E-state index contributed by atoms with van der Waals surface area (Å²) < 4.78 is 31.0. The van der Waals surface area contributed by atoms with Crippen molar-refractivity contribution in [3.8, 4) is 5.69 Å². The lowest BCUT2D eigenvalue weighted by Crippen LogP contribution is -2.25. The molecule has 0 saturated carbocycles. The van der Waals surface area contributed by atoms with Crippen molar-refractivity contribution in [1.82, 2.24) is 29.1 Å². The number of hydrogen-bond acceptors (Lipinski definition) is 6. The Bertz CT molecular complexity index is 1540. The number of anilines is 1. The van der Waals surface area contributed by atoms with Gasteiger partial charge < -0.3 is 10.3 Å². The van der Waals surface area contributed by atoms with Crippen molar-refractivity contribution >= 4 is 27.9 Å². The van der Waals surface area contributed by atoms with Gasteiger partial charge in [-0.2, -0.15) is 0 Å². The second-order valence-corrected chi connectivity index (χ2v) is 7.38. The summed E-state index contributed by atoms with van der Waals surface area (Å²) in [6.45, 7) is 2.15. The second-order valence-electron chi connectivity index (χ2n) is 7.38. The minimum absolute atomic E-state index is 0.0715. The molecule has 32 heavy (non-hydrogen) atoms. The van der Waals surface area contributed by atoms with Crippen LogP contribution >= 0.6 is 0 Å². The molecule has 0 atom stereocenters. The van der Waals surface area contributed by atoms with Crippen LogP contribution in [0.5, 0.6) is 0 Å². The van der Waals surface area contributed by atoms with Crippen LogP contribution in [0.2, 0.25) is 0 Å². The number of imidazole rings is 1. The van der Waals surface area contributed by atoms with Crippen LogP contribution in [0.15, 0.2) is 53.8 Å². The average Bonchev–Trinajstić information content (AvgIpc) is 3.16. The molecule has 0 aliphatic heterocycles. The highest BCUT2D eigenvalue weighted by Crippen LogP contribution is 2.19. The third-order valence-electron chi connectivity index (χ3n) is 5.29. The van der Waals surface area contributed by atoms with E-state index >= 15 is 0 Å². The zero-order chi connectivity index (χ0) is 22.4. The number of halogens is 2. The molecule has 0 unspecified atom stereocenters. The molecule has 0 bridgehead atoms. The van der Waals surface area contributed by atoms with E-state index in [1.807, 2.05) is 6.07 Å². The van der Waals surface area contributed by atoms with E-state index in [9.17, 15) is 13.6 Å². The lowest BCUT2D eigenvalue weighted by atomic mass is 10.1. The molecule has 0 amide bonds. The third kappa shape index (κ3) is 3.25. The predicted octanol–water partition coefficient (Wildman–Crippen LogP) is 2.94. The van der Waals surface area contributed by atoms with E-state index in [0.717, 1.165) is 23.8 Å². The van der Waals surface area contributed by atoms with Crippen LogP contribution in [0.25, 0.3) is 27.8 Å². The van der Waals surface area contributed by atoms with E-state index < -0.39 is 17.2 Å². The Morgan fingerprint density at radius 3 is 2.62 bits per heavy atom. The number of rotatable bonds is 4. The highest BCUT2D eigenvalue weighted by atomic mass is 19.1. The molecule has 3 aromatic heterocycles. The number of nitrogens with zero attached hydrogens (tertiary/aromatic N) is 6. The fourth-order valence-electron chi connectivity index (χ4n) is 3.83. The Hall–Kier alpha value is -4.21. The van der Waals surface area contributed by atoms with Crippen molar-refractivity contribution < 1.29 is 8.78 Å². The Morgan fingerprint density at radius 1 is 1.06 bits per heavy atom. The first-order chi connectivity index (χ1) is 15.4. The number of nitrogens with two attached hydrogens (primary N) is 1. The molecule has 0 radical (unpaired) electrons. The molecule has 160 valence electrons. The number of aryl methyl sites for hydroxylation is 3. The van der Waals surface area contributed by atoms with Gasteiger partial charge in [0.05, 0.1) is 22.9 Å². The van der Waals surface area contributed by atoms with E-state index in [4.69, 9.17) is 5.73 Å². The summed E-state index contributed by atoms with van der Waals surface area (Å²) in [5.41, 5.74) is 7.78. The van der Waals surface area contributed by atoms with Crippen LogP contribution in [-0.4, -0.2) is 29.1 Å². The Labute approximate surface area is 180 Å². The van der Waals surface area contributed by atoms with Gasteiger partial charge in [-0.15, -0.1) is 0 Å². The van der Waals surface area contributed by atoms with Crippen molar-refractivity contribution in [1.29, 1.82) is 0 Å². The van der Waals surface area contributed by atoms with Crippen LogP contribution in [0.1, 0.15) is 11.4 Å². The fourth-order valence-corrected chi connectivity index (χ4v) is 3.83. The molecule has 10 heteroatoms. The summed E-state index contributed by atoms with van der Waals surface area (Å²) in [7, 11) is 0. The van der Waals surface area contributed by atoms with Crippen LogP contribution in [0.3, 0.4) is 0 Å². The monoisotopic (exact) mass is 433 g/mol. The maximum absolute atomic E-state index is 14.0. The summed E-state index contributed by atoms with van der Waals surface area (Å²) in [6.07, 6.45) is 3.19. The van der Waals surface area contributed by atoms with E-state index in [0.29, 0.717) is 34.4 Å². The Kier molecular flexibility index (Phi) is 4.62. The van der Waals surface area contributed by atoms with Gasteiger partial charge in [0.1, 0.15) is 29.3 Å². The minimum Gasteiger partial charge on any atom is -0.382 e. The van der Waals surface area contributed by atoms with Gasteiger partial charge in [0.15, 0.2) is 11.5 Å². The molecular weight excluding hydrogens is 416 g/mol. The molecule has 2 N–H and O–H groups in total. The van der Waals surface area contributed by atoms with Crippen molar-refractivity contribution in [2.45, 2.75) is 19.9 Å². The zero-order valence-corrected chi connectivity index (χ0v) is 17.0. The third-order valence-corrected chi connectivity index (χ3v) is 5.29. The summed E-state index contributed by atoms with van der Waals surface area (Å²) >= 11 is 0. The first-order valence-corrected chi connectivity index (χ1v) is 9.81. The summed E-state index contributed by atoms with van der Waals surface area (Å²) in [6, 6.07) is 8.33. The lowest BCUT2D eigenvalue weighted by Gasteiger charge is -2.15. The summed E-state index contributed by atoms with van der Waals surface area (Å²) in [4.78, 5) is 30.5. The topological polar surface area (TPSA) is 105 Å². The van der Waals surface area contributed by atoms with Crippen molar-refractivity contribution in [2.75, 3.05) is 5.73 Å².